The van der Waals surface area contributed by atoms with Crippen molar-refractivity contribution in [3.8, 4) is 0 Å². The Labute approximate surface area is 141 Å². The van der Waals surface area contributed by atoms with Gasteiger partial charge in [0.15, 0.2) is 0 Å². The van der Waals surface area contributed by atoms with E-state index < -0.39 is 0 Å². The van der Waals surface area contributed by atoms with Crippen LogP contribution in [0.25, 0.3) is 0 Å². The van der Waals surface area contributed by atoms with Crippen LogP contribution in [-0.4, -0.2) is 26.9 Å². The van der Waals surface area contributed by atoms with E-state index in [0.29, 0.717) is 19.6 Å². The third-order valence-corrected chi connectivity index (χ3v) is 4.20. The van der Waals surface area contributed by atoms with Crippen LogP contribution in [0.15, 0.2) is 49.3 Å². The average Bonchev–Trinajstić information content (AvgIpc) is 3.29. The largest absolute Gasteiger partial charge is 0.331 e. The number of amides is 1. The van der Waals surface area contributed by atoms with Gasteiger partial charge in [0.2, 0.25) is 5.91 Å². The number of rotatable bonds is 7. The van der Waals surface area contributed by atoms with Crippen molar-refractivity contribution in [2.24, 2.45) is 5.92 Å². The molecule has 0 atom stereocenters. The summed E-state index contributed by atoms with van der Waals surface area (Å²) in [4.78, 5) is 18.6. The van der Waals surface area contributed by atoms with E-state index >= 15 is 0 Å². The van der Waals surface area contributed by atoms with E-state index in [2.05, 4.69) is 16.1 Å². The van der Waals surface area contributed by atoms with Crippen LogP contribution >= 0.6 is 11.6 Å². The lowest BCUT2D eigenvalue weighted by atomic mass is 10.2. The van der Waals surface area contributed by atoms with Gasteiger partial charge in [-0.1, -0.05) is 29.8 Å². The maximum Gasteiger partial charge on any atom is 0.226 e. The lowest BCUT2D eigenvalue weighted by Gasteiger charge is -2.21. The molecule has 1 aliphatic carbocycles. The van der Waals surface area contributed by atoms with Crippen LogP contribution in [0, 0.1) is 5.92 Å². The quantitative estimate of drug-likeness (QED) is 0.729. The van der Waals surface area contributed by atoms with E-state index in [4.69, 9.17) is 11.6 Å². The third-order valence-electron chi connectivity index (χ3n) is 3.96. The van der Waals surface area contributed by atoms with Crippen molar-refractivity contribution in [2.45, 2.75) is 25.9 Å². The van der Waals surface area contributed by atoms with Gasteiger partial charge >= 0.3 is 0 Å². The van der Waals surface area contributed by atoms with E-state index in [1.807, 2.05) is 35.4 Å². The first-order chi connectivity index (χ1) is 11.2. The van der Waals surface area contributed by atoms with E-state index in [0.717, 1.165) is 29.3 Å². The summed E-state index contributed by atoms with van der Waals surface area (Å²) in [6.07, 6.45) is 7.48. The first-order valence-corrected chi connectivity index (χ1v) is 8.19. The fraction of sp³-hybridized carbons (Fsp3) is 0.333. The summed E-state index contributed by atoms with van der Waals surface area (Å²) in [5.41, 5.74) is 1.11. The SMILES string of the molecule is C=CCN(Cc1nccn1Cc1cccc(Cl)c1)C(=O)C1CC1. The van der Waals surface area contributed by atoms with E-state index in [-0.39, 0.29) is 11.8 Å². The molecule has 1 aliphatic rings. The molecule has 1 aromatic carbocycles. The van der Waals surface area contributed by atoms with Crippen LogP contribution in [0.2, 0.25) is 5.02 Å². The second-order valence-corrected chi connectivity index (χ2v) is 6.32. The molecule has 1 aromatic heterocycles. The highest BCUT2D eigenvalue weighted by Gasteiger charge is 2.33. The third kappa shape index (κ3) is 4.02. The number of carbonyl (C=O) groups is 1. The molecule has 0 saturated heterocycles. The highest BCUT2D eigenvalue weighted by atomic mass is 35.5. The fourth-order valence-corrected chi connectivity index (χ4v) is 2.83. The van der Waals surface area contributed by atoms with Crippen LogP contribution in [0.1, 0.15) is 24.2 Å². The predicted octanol–water partition coefficient (Wildman–Crippen LogP) is 3.51. The van der Waals surface area contributed by atoms with Gasteiger partial charge in [-0.3, -0.25) is 4.79 Å². The monoisotopic (exact) mass is 329 g/mol. The lowest BCUT2D eigenvalue weighted by Crippen LogP contribution is -2.33. The highest BCUT2D eigenvalue weighted by molar-refractivity contribution is 6.30. The van der Waals surface area contributed by atoms with Crippen molar-refractivity contribution in [2.75, 3.05) is 6.54 Å². The Morgan fingerprint density at radius 1 is 1.48 bits per heavy atom. The van der Waals surface area contributed by atoms with Gasteiger partial charge in [-0.05, 0) is 30.5 Å². The van der Waals surface area contributed by atoms with Crippen molar-refractivity contribution in [3.63, 3.8) is 0 Å². The van der Waals surface area contributed by atoms with Gasteiger partial charge in [0, 0.05) is 36.4 Å². The van der Waals surface area contributed by atoms with Crippen molar-refractivity contribution in [1.29, 1.82) is 0 Å². The molecule has 120 valence electrons. The van der Waals surface area contributed by atoms with Crippen LogP contribution in [0.5, 0.6) is 0 Å². The summed E-state index contributed by atoms with van der Waals surface area (Å²) in [5.74, 6) is 1.29. The molecule has 1 amide bonds. The minimum Gasteiger partial charge on any atom is -0.331 e. The number of aromatic nitrogens is 2. The maximum atomic E-state index is 12.4. The Kier molecular flexibility index (Phi) is 4.82. The average molecular weight is 330 g/mol. The van der Waals surface area contributed by atoms with Crippen LogP contribution in [0.4, 0.5) is 0 Å². The molecule has 1 saturated carbocycles. The summed E-state index contributed by atoms with van der Waals surface area (Å²) >= 11 is 6.04. The molecule has 4 nitrogen and oxygen atoms in total. The Hall–Kier alpha value is -2.07. The Bertz CT molecular complexity index is 706. The summed E-state index contributed by atoms with van der Waals surface area (Å²) in [6, 6.07) is 7.78. The fourth-order valence-electron chi connectivity index (χ4n) is 2.62. The maximum absolute atomic E-state index is 12.4. The first-order valence-electron chi connectivity index (χ1n) is 7.81. The zero-order chi connectivity index (χ0) is 16.2. The molecular weight excluding hydrogens is 310 g/mol. The molecular formula is C18H20ClN3O. The minimum absolute atomic E-state index is 0.200. The Morgan fingerprint density at radius 2 is 2.30 bits per heavy atom. The van der Waals surface area contributed by atoms with Crippen molar-refractivity contribution >= 4 is 17.5 Å². The van der Waals surface area contributed by atoms with Gasteiger partial charge in [0.25, 0.3) is 0 Å². The zero-order valence-corrected chi connectivity index (χ0v) is 13.7. The zero-order valence-electron chi connectivity index (χ0n) is 13.0. The lowest BCUT2D eigenvalue weighted by molar-refractivity contribution is -0.132. The second kappa shape index (κ2) is 7.01. The minimum atomic E-state index is 0.200. The number of halogens is 1. The van der Waals surface area contributed by atoms with Crippen molar-refractivity contribution in [3.05, 3.63) is 65.7 Å². The number of carbonyl (C=O) groups excluding carboxylic acids is 1. The van der Waals surface area contributed by atoms with E-state index in [9.17, 15) is 4.79 Å². The van der Waals surface area contributed by atoms with Crippen LogP contribution in [-0.2, 0) is 17.9 Å². The van der Waals surface area contributed by atoms with Crippen LogP contribution in [0.3, 0.4) is 0 Å². The second-order valence-electron chi connectivity index (χ2n) is 5.88. The molecule has 0 radical (unpaired) electrons. The molecule has 0 bridgehead atoms. The normalized spacial score (nSPS) is 13.8. The van der Waals surface area contributed by atoms with Gasteiger partial charge < -0.3 is 9.47 Å². The summed E-state index contributed by atoms with van der Waals surface area (Å²) in [6.45, 7) is 5.51. The van der Waals surface area contributed by atoms with Crippen molar-refractivity contribution in [1.82, 2.24) is 14.5 Å². The number of benzene rings is 1. The molecule has 1 fully saturated rings. The van der Waals surface area contributed by atoms with Gasteiger partial charge in [0.1, 0.15) is 5.82 Å². The molecule has 2 aromatic rings. The molecule has 0 unspecified atom stereocenters. The van der Waals surface area contributed by atoms with E-state index in [1.54, 1.807) is 12.3 Å². The molecule has 0 spiro atoms. The van der Waals surface area contributed by atoms with E-state index in [1.165, 1.54) is 0 Å². The first kappa shape index (κ1) is 15.8. The van der Waals surface area contributed by atoms with Gasteiger partial charge in [-0.25, -0.2) is 4.98 Å². The topological polar surface area (TPSA) is 38.1 Å². The number of hydrogen-bond donors (Lipinski definition) is 0. The Morgan fingerprint density at radius 3 is 3.00 bits per heavy atom. The van der Waals surface area contributed by atoms with Gasteiger partial charge in [-0.15, -0.1) is 6.58 Å². The molecule has 3 rings (SSSR count). The molecule has 0 N–H and O–H groups in total. The summed E-state index contributed by atoms with van der Waals surface area (Å²) in [7, 11) is 0. The van der Waals surface area contributed by atoms with Gasteiger partial charge in [0.05, 0.1) is 6.54 Å². The molecule has 0 aliphatic heterocycles. The number of hydrogen-bond acceptors (Lipinski definition) is 2. The molecule has 5 heteroatoms. The van der Waals surface area contributed by atoms with Gasteiger partial charge in [-0.2, -0.15) is 0 Å². The highest BCUT2D eigenvalue weighted by Crippen LogP contribution is 2.31. The van der Waals surface area contributed by atoms with Crippen LogP contribution < -0.4 is 0 Å². The number of nitrogens with zero attached hydrogens (tertiary/aromatic N) is 3. The standard InChI is InChI=1S/C18H20ClN3O/c1-2-9-22(18(23)15-6-7-15)13-17-20-8-10-21(17)12-14-4-3-5-16(19)11-14/h2-5,8,10-11,15H,1,6-7,9,12-13H2. The summed E-state index contributed by atoms with van der Waals surface area (Å²) < 4.78 is 2.06. The molecule has 23 heavy (non-hydrogen) atoms. The predicted molar refractivity (Wildman–Crippen MR) is 91.1 cm³/mol. The van der Waals surface area contributed by atoms with Crippen molar-refractivity contribution < 1.29 is 4.79 Å². The number of imidazole rings is 1. The Balaban J connectivity index is 1.74. The smallest absolute Gasteiger partial charge is 0.226 e. The summed E-state index contributed by atoms with van der Waals surface area (Å²) in [5, 5.41) is 0.723. The molecule has 1 heterocycles.